The van der Waals surface area contributed by atoms with Crippen LogP contribution in [0, 0.1) is 11.6 Å². The quantitative estimate of drug-likeness (QED) is 0.640. The van der Waals surface area contributed by atoms with Crippen LogP contribution in [0.25, 0.3) is 5.70 Å². The highest BCUT2D eigenvalue weighted by Gasteiger charge is 2.51. The van der Waals surface area contributed by atoms with Crippen molar-refractivity contribution in [3.8, 4) is 0 Å². The van der Waals surface area contributed by atoms with Gasteiger partial charge >= 0.3 is 6.03 Å². The van der Waals surface area contributed by atoms with Crippen molar-refractivity contribution in [2.45, 2.75) is 25.0 Å². The summed E-state index contributed by atoms with van der Waals surface area (Å²) in [7, 11) is 1.70. The van der Waals surface area contributed by atoms with Crippen molar-refractivity contribution in [1.29, 1.82) is 0 Å². The van der Waals surface area contributed by atoms with Gasteiger partial charge in [0.25, 0.3) is 0 Å². The summed E-state index contributed by atoms with van der Waals surface area (Å²) >= 11 is 0. The average Bonchev–Trinajstić information content (AvgIpc) is 3.58. The molecule has 1 atom stereocenters. The molecule has 2 fully saturated rings. The zero-order chi connectivity index (χ0) is 25.0. The van der Waals surface area contributed by atoms with E-state index in [1.54, 1.807) is 41.4 Å². The van der Waals surface area contributed by atoms with Gasteiger partial charge in [0.15, 0.2) is 11.6 Å². The minimum atomic E-state index is -0.573. The summed E-state index contributed by atoms with van der Waals surface area (Å²) in [6.45, 7) is 2.65. The number of amidine groups is 1. The number of aliphatic imine (C=N–C) groups is 2. The van der Waals surface area contributed by atoms with Gasteiger partial charge in [-0.2, -0.15) is 0 Å². The number of nitrogens with two attached hydrogens (primary N) is 1. The fraction of sp³-hybridized carbons (Fsp3) is 0.375. The fourth-order valence-electron chi connectivity index (χ4n) is 5.32. The Morgan fingerprint density at radius 2 is 1.97 bits per heavy atom. The Morgan fingerprint density at radius 1 is 1.17 bits per heavy atom. The number of hydrogen-bond acceptors (Lipinski definition) is 8. The molecule has 0 saturated carbocycles. The lowest BCUT2D eigenvalue weighted by molar-refractivity contribution is 0.0833. The Hall–Kier alpha value is -3.77. The maximum atomic E-state index is 14.2. The average molecular weight is 497 g/mol. The second-order valence-corrected chi connectivity index (χ2v) is 9.25. The monoisotopic (exact) mass is 496 g/mol. The molecule has 0 bridgehead atoms. The second-order valence-electron chi connectivity index (χ2n) is 9.25. The number of benzene rings is 1. The number of piperidine rings is 1. The van der Waals surface area contributed by atoms with Crippen LogP contribution in [0.3, 0.4) is 0 Å². The van der Waals surface area contributed by atoms with E-state index >= 15 is 0 Å². The lowest BCUT2D eigenvalue weighted by atomic mass is 9.89. The number of hydrazine groups is 2. The van der Waals surface area contributed by atoms with Crippen molar-refractivity contribution >= 4 is 23.9 Å². The Kier molecular flexibility index (Phi) is 5.49. The van der Waals surface area contributed by atoms with Gasteiger partial charge in [-0.25, -0.2) is 44.4 Å². The maximum Gasteiger partial charge on any atom is 0.341 e. The van der Waals surface area contributed by atoms with Crippen molar-refractivity contribution in [2.24, 2.45) is 15.8 Å². The molecule has 4 aliphatic rings. The molecule has 1 aromatic heterocycles. The first-order chi connectivity index (χ1) is 17.4. The molecule has 10 nitrogen and oxygen atoms in total. The number of halogens is 2. The van der Waals surface area contributed by atoms with E-state index in [9.17, 15) is 13.6 Å². The van der Waals surface area contributed by atoms with Crippen LogP contribution in [-0.2, 0) is 0 Å². The van der Waals surface area contributed by atoms with Crippen LogP contribution in [0.1, 0.15) is 30.1 Å². The molecule has 2 amide bonds. The van der Waals surface area contributed by atoms with E-state index in [0.717, 1.165) is 32.0 Å². The van der Waals surface area contributed by atoms with Gasteiger partial charge in [0.05, 0.1) is 6.26 Å². The number of nitrogens with zero attached hydrogens (tertiary/aromatic N) is 7. The van der Waals surface area contributed by atoms with Crippen LogP contribution < -0.4 is 5.84 Å². The molecule has 188 valence electrons. The highest BCUT2D eigenvalue weighted by atomic mass is 19.1. The van der Waals surface area contributed by atoms with Gasteiger partial charge < -0.3 is 9.32 Å². The Morgan fingerprint density at radius 3 is 2.69 bits per heavy atom. The molecule has 1 unspecified atom stereocenters. The number of furan rings is 1. The number of amides is 2. The van der Waals surface area contributed by atoms with Crippen molar-refractivity contribution in [2.75, 3.05) is 33.2 Å². The summed E-state index contributed by atoms with van der Waals surface area (Å²) < 4.78 is 33.0. The SMILES string of the molecule is CN1C(=O)N(CCN2CCC(c3ccc(F)cc3F)CC2)C2N=C3C(=C(c4ccco4)N=CN3N)N21. The molecule has 2 aromatic rings. The molecular weight excluding hydrogens is 470 g/mol. The van der Waals surface area contributed by atoms with Crippen molar-refractivity contribution < 1.29 is 18.0 Å². The maximum absolute atomic E-state index is 14.2. The van der Waals surface area contributed by atoms with Gasteiger partial charge in [-0.15, -0.1) is 0 Å². The number of likely N-dealkylation sites (tertiary alicyclic amines) is 1. The predicted molar refractivity (Wildman–Crippen MR) is 128 cm³/mol. The van der Waals surface area contributed by atoms with Crippen LogP contribution in [0.5, 0.6) is 0 Å². The number of rotatable bonds is 5. The first-order valence-electron chi connectivity index (χ1n) is 11.9. The summed E-state index contributed by atoms with van der Waals surface area (Å²) in [5.41, 5.74) is 1.74. The molecule has 12 heteroatoms. The third kappa shape index (κ3) is 3.64. The molecule has 1 aromatic carbocycles. The third-order valence-corrected chi connectivity index (χ3v) is 7.20. The van der Waals surface area contributed by atoms with Gasteiger partial charge in [-0.1, -0.05) is 6.07 Å². The van der Waals surface area contributed by atoms with Crippen LogP contribution in [0.2, 0.25) is 0 Å². The van der Waals surface area contributed by atoms with Crippen LogP contribution in [0.15, 0.2) is 56.7 Å². The normalized spacial score (nSPS) is 22.6. The van der Waals surface area contributed by atoms with E-state index in [0.29, 0.717) is 41.6 Å². The third-order valence-electron chi connectivity index (χ3n) is 7.20. The molecule has 0 radical (unpaired) electrons. The van der Waals surface area contributed by atoms with Crippen LogP contribution in [0.4, 0.5) is 13.6 Å². The largest absolute Gasteiger partial charge is 0.463 e. The fourth-order valence-corrected chi connectivity index (χ4v) is 5.32. The minimum absolute atomic E-state index is 0.0590. The highest BCUT2D eigenvalue weighted by Crippen LogP contribution is 2.38. The molecule has 2 N–H and O–H groups in total. The summed E-state index contributed by atoms with van der Waals surface area (Å²) in [6.07, 6.45) is 4.01. The molecule has 6 rings (SSSR count). The standard InChI is InChI=1S/C24H26F2N8O2/c1-30-24(35)32(11-10-31-8-6-15(7-9-31)17-5-4-16(25)13-18(17)26)23-29-22-21(34(23)30)20(28-14-33(22)27)19-3-2-12-36-19/h2-5,12-15,23H,6-11,27H2,1H3. The Labute approximate surface area is 206 Å². The molecule has 4 aliphatic heterocycles. The lowest BCUT2D eigenvalue weighted by Crippen LogP contribution is -2.44. The van der Waals surface area contributed by atoms with Gasteiger partial charge in [-0.05, 0) is 55.6 Å². The first kappa shape index (κ1) is 22.7. The predicted octanol–water partition coefficient (Wildman–Crippen LogP) is 2.60. The number of hydrogen-bond donors (Lipinski definition) is 1. The summed E-state index contributed by atoms with van der Waals surface area (Å²) in [5, 5.41) is 4.66. The molecule has 36 heavy (non-hydrogen) atoms. The van der Waals surface area contributed by atoms with E-state index in [1.807, 2.05) is 0 Å². The highest BCUT2D eigenvalue weighted by molar-refractivity contribution is 6.12. The minimum Gasteiger partial charge on any atom is -0.463 e. The number of carbonyl (C=O) groups is 1. The van der Waals surface area contributed by atoms with Crippen LogP contribution in [-0.4, -0.2) is 82.5 Å². The van der Waals surface area contributed by atoms with Crippen molar-refractivity contribution in [3.05, 3.63) is 65.3 Å². The zero-order valence-corrected chi connectivity index (χ0v) is 19.7. The number of carbonyl (C=O) groups excluding carboxylic acids is 1. The summed E-state index contributed by atoms with van der Waals surface area (Å²) in [6, 6.07) is 7.21. The van der Waals surface area contributed by atoms with E-state index < -0.39 is 17.9 Å². The van der Waals surface area contributed by atoms with Gasteiger partial charge in [0.2, 0.25) is 6.29 Å². The Bertz CT molecular complexity index is 1270. The summed E-state index contributed by atoms with van der Waals surface area (Å²) in [5.74, 6) is 6.20. The van der Waals surface area contributed by atoms with E-state index in [-0.39, 0.29) is 11.9 Å². The van der Waals surface area contributed by atoms with Crippen molar-refractivity contribution in [1.82, 2.24) is 24.8 Å². The van der Waals surface area contributed by atoms with E-state index in [4.69, 9.17) is 15.3 Å². The zero-order valence-electron chi connectivity index (χ0n) is 19.7. The topological polar surface area (TPSA) is 97.1 Å². The Balaban J connectivity index is 1.15. The summed E-state index contributed by atoms with van der Waals surface area (Å²) in [4.78, 5) is 26.3. The molecule has 2 saturated heterocycles. The second kappa shape index (κ2) is 8.71. The molecule has 5 heterocycles. The van der Waals surface area contributed by atoms with Crippen molar-refractivity contribution in [3.63, 3.8) is 0 Å². The van der Waals surface area contributed by atoms with Gasteiger partial charge in [0.1, 0.15) is 29.4 Å². The molecule has 0 aliphatic carbocycles. The smallest absolute Gasteiger partial charge is 0.341 e. The lowest BCUT2D eigenvalue weighted by Gasteiger charge is -2.33. The van der Waals surface area contributed by atoms with E-state index in [2.05, 4.69) is 9.89 Å². The van der Waals surface area contributed by atoms with Crippen LogP contribution >= 0.6 is 0 Å². The van der Waals surface area contributed by atoms with Gasteiger partial charge in [0, 0.05) is 26.2 Å². The van der Waals surface area contributed by atoms with Gasteiger partial charge in [-0.3, -0.25) is 4.90 Å². The number of fused-ring (bicyclic) bond motifs is 3. The number of urea groups is 1. The molecular formula is C24H26F2N8O2. The molecule has 0 spiro atoms. The first-order valence-corrected chi connectivity index (χ1v) is 11.9. The van der Waals surface area contributed by atoms with E-state index in [1.165, 1.54) is 22.4 Å².